The van der Waals surface area contributed by atoms with Gasteiger partial charge in [0.1, 0.15) is 5.76 Å². The smallest absolute Gasteiger partial charge is 0.223 e. The van der Waals surface area contributed by atoms with Gasteiger partial charge in [0, 0.05) is 37.0 Å². The molecule has 1 aromatic heterocycles. The van der Waals surface area contributed by atoms with E-state index in [1.807, 2.05) is 0 Å². The lowest BCUT2D eigenvalue weighted by Gasteiger charge is -2.22. The molecule has 1 saturated carbocycles. The van der Waals surface area contributed by atoms with Crippen LogP contribution in [0.25, 0.3) is 0 Å². The van der Waals surface area contributed by atoms with Crippen molar-refractivity contribution in [2.24, 2.45) is 5.92 Å². The first kappa shape index (κ1) is 11.8. The monoisotopic (exact) mass is 248 g/mol. The molecule has 0 spiro atoms. The summed E-state index contributed by atoms with van der Waals surface area (Å²) in [5.41, 5.74) is 1.30. The number of nitrogens with one attached hydrogen (secondary N) is 2. The molecule has 0 aromatic carbocycles. The van der Waals surface area contributed by atoms with Crippen LogP contribution in [0.2, 0.25) is 0 Å². The molecule has 2 aliphatic rings. The van der Waals surface area contributed by atoms with Crippen LogP contribution in [0.1, 0.15) is 43.0 Å². The van der Waals surface area contributed by atoms with Crippen molar-refractivity contribution in [3.63, 3.8) is 0 Å². The number of amides is 1. The minimum absolute atomic E-state index is 0.226. The summed E-state index contributed by atoms with van der Waals surface area (Å²) < 4.78 is 5.46. The van der Waals surface area contributed by atoms with Crippen molar-refractivity contribution in [3.05, 3.63) is 23.7 Å². The van der Waals surface area contributed by atoms with E-state index in [2.05, 4.69) is 16.7 Å². The van der Waals surface area contributed by atoms with Crippen molar-refractivity contribution >= 4 is 5.91 Å². The normalized spacial score (nSPS) is 22.6. The van der Waals surface area contributed by atoms with Gasteiger partial charge in [0.05, 0.1) is 6.26 Å². The molecule has 0 saturated heterocycles. The second-order valence-corrected chi connectivity index (χ2v) is 5.26. The van der Waals surface area contributed by atoms with E-state index in [9.17, 15) is 4.79 Å². The Morgan fingerprint density at radius 1 is 1.33 bits per heavy atom. The molecule has 1 heterocycles. The highest BCUT2D eigenvalue weighted by molar-refractivity contribution is 5.80. The van der Waals surface area contributed by atoms with Gasteiger partial charge in [-0.2, -0.15) is 0 Å². The van der Waals surface area contributed by atoms with Crippen LogP contribution < -0.4 is 10.6 Å². The molecule has 1 atom stereocenters. The number of rotatable bonds is 5. The summed E-state index contributed by atoms with van der Waals surface area (Å²) in [6.45, 7) is 1.55. The second-order valence-electron chi connectivity index (χ2n) is 5.26. The topological polar surface area (TPSA) is 54.3 Å². The fourth-order valence-corrected chi connectivity index (χ4v) is 2.62. The van der Waals surface area contributed by atoms with Crippen molar-refractivity contribution in [2.75, 3.05) is 13.1 Å². The third-order valence-corrected chi connectivity index (χ3v) is 3.82. The molecule has 1 aromatic rings. The predicted octanol–water partition coefficient (Wildman–Crippen LogP) is 1.77. The van der Waals surface area contributed by atoms with E-state index >= 15 is 0 Å². The highest BCUT2D eigenvalue weighted by Gasteiger charge is 2.29. The molecule has 0 bridgehead atoms. The molecule has 1 unspecified atom stereocenters. The molecule has 1 fully saturated rings. The first-order valence-electron chi connectivity index (χ1n) is 6.92. The van der Waals surface area contributed by atoms with E-state index < -0.39 is 0 Å². The van der Waals surface area contributed by atoms with Crippen molar-refractivity contribution in [2.45, 2.75) is 38.1 Å². The standard InChI is InChI=1S/C14H20N2O2/c17-14(10-4-5-10)16-8-7-15-12-2-1-3-13-11(12)6-9-18-13/h6,9-10,12,15H,1-5,7-8H2,(H,16,17). The molecule has 2 N–H and O–H groups in total. The zero-order valence-electron chi connectivity index (χ0n) is 10.6. The molecule has 18 heavy (non-hydrogen) atoms. The lowest BCUT2D eigenvalue weighted by molar-refractivity contribution is -0.122. The maximum atomic E-state index is 11.5. The molecule has 0 aliphatic heterocycles. The van der Waals surface area contributed by atoms with Gasteiger partial charge in [0.15, 0.2) is 0 Å². The first-order valence-corrected chi connectivity index (χ1v) is 6.92. The highest BCUT2D eigenvalue weighted by Crippen LogP contribution is 2.30. The maximum absolute atomic E-state index is 11.5. The van der Waals surface area contributed by atoms with E-state index in [0.29, 0.717) is 12.0 Å². The number of carbonyl (C=O) groups is 1. The Balaban J connectivity index is 1.42. The maximum Gasteiger partial charge on any atom is 0.223 e. The Hall–Kier alpha value is -1.29. The molecular weight excluding hydrogens is 228 g/mol. The van der Waals surface area contributed by atoms with Gasteiger partial charge in [-0.1, -0.05) is 0 Å². The van der Waals surface area contributed by atoms with Crippen LogP contribution in [0.5, 0.6) is 0 Å². The fourth-order valence-electron chi connectivity index (χ4n) is 2.62. The summed E-state index contributed by atoms with van der Waals surface area (Å²) in [6.07, 6.45) is 7.30. The zero-order chi connectivity index (χ0) is 12.4. The third-order valence-electron chi connectivity index (χ3n) is 3.82. The van der Waals surface area contributed by atoms with Crippen molar-refractivity contribution < 1.29 is 9.21 Å². The molecule has 4 heteroatoms. The van der Waals surface area contributed by atoms with E-state index in [1.165, 1.54) is 12.0 Å². The van der Waals surface area contributed by atoms with Crippen LogP contribution in [0.3, 0.4) is 0 Å². The van der Waals surface area contributed by atoms with E-state index in [1.54, 1.807) is 6.26 Å². The number of aryl methyl sites for hydroxylation is 1. The van der Waals surface area contributed by atoms with E-state index in [-0.39, 0.29) is 5.91 Å². The summed E-state index contributed by atoms with van der Waals surface area (Å²) >= 11 is 0. The minimum atomic E-state index is 0.226. The fraction of sp³-hybridized carbons (Fsp3) is 0.643. The van der Waals surface area contributed by atoms with Crippen LogP contribution in [0.15, 0.2) is 16.7 Å². The highest BCUT2D eigenvalue weighted by atomic mass is 16.3. The molecule has 3 rings (SSSR count). The SMILES string of the molecule is O=C(NCCNC1CCCc2occc21)C1CC1. The number of fused-ring (bicyclic) bond motifs is 1. The van der Waals surface area contributed by atoms with Crippen molar-refractivity contribution in [3.8, 4) is 0 Å². The molecule has 4 nitrogen and oxygen atoms in total. The number of hydrogen-bond acceptors (Lipinski definition) is 3. The molecule has 98 valence electrons. The van der Waals surface area contributed by atoms with E-state index in [4.69, 9.17) is 4.42 Å². The number of carbonyl (C=O) groups excluding carboxylic acids is 1. The summed E-state index contributed by atoms with van der Waals surface area (Å²) in [5.74, 6) is 1.66. The largest absolute Gasteiger partial charge is 0.469 e. The van der Waals surface area contributed by atoms with Gasteiger partial charge in [0.2, 0.25) is 5.91 Å². The Morgan fingerprint density at radius 2 is 2.22 bits per heavy atom. The number of hydrogen-bond donors (Lipinski definition) is 2. The van der Waals surface area contributed by atoms with Crippen LogP contribution in [-0.2, 0) is 11.2 Å². The Bertz CT molecular complexity index is 423. The Morgan fingerprint density at radius 3 is 3.06 bits per heavy atom. The lowest BCUT2D eigenvalue weighted by atomic mass is 9.93. The predicted molar refractivity (Wildman–Crippen MR) is 68.1 cm³/mol. The quantitative estimate of drug-likeness (QED) is 0.781. The average Bonchev–Trinajstić information content (AvgIpc) is 3.12. The van der Waals surface area contributed by atoms with Crippen molar-refractivity contribution in [1.29, 1.82) is 0 Å². The molecular formula is C14H20N2O2. The second kappa shape index (κ2) is 5.14. The van der Waals surface area contributed by atoms with Gasteiger partial charge in [0.25, 0.3) is 0 Å². The molecule has 0 radical (unpaired) electrons. The van der Waals surface area contributed by atoms with E-state index in [0.717, 1.165) is 44.5 Å². The zero-order valence-corrected chi connectivity index (χ0v) is 10.6. The van der Waals surface area contributed by atoms with Gasteiger partial charge in [-0.3, -0.25) is 4.79 Å². The van der Waals surface area contributed by atoms with Gasteiger partial charge >= 0.3 is 0 Å². The Kier molecular flexibility index (Phi) is 3.37. The first-order chi connectivity index (χ1) is 8.84. The van der Waals surface area contributed by atoms with Gasteiger partial charge < -0.3 is 15.1 Å². The summed E-state index contributed by atoms with van der Waals surface area (Å²) in [6, 6.07) is 2.46. The van der Waals surface area contributed by atoms with Crippen LogP contribution >= 0.6 is 0 Å². The number of furan rings is 1. The van der Waals surface area contributed by atoms with Crippen LogP contribution in [-0.4, -0.2) is 19.0 Å². The molecule has 1 amide bonds. The summed E-state index contributed by atoms with van der Waals surface area (Å²) in [7, 11) is 0. The summed E-state index contributed by atoms with van der Waals surface area (Å²) in [4.78, 5) is 11.5. The van der Waals surface area contributed by atoms with Crippen LogP contribution in [0.4, 0.5) is 0 Å². The Labute approximate surface area is 107 Å². The molecule has 2 aliphatic carbocycles. The summed E-state index contributed by atoms with van der Waals surface area (Å²) in [5, 5.41) is 6.48. The van der Waals surface area contributed by atoms with Gasteiger partial charge in [-0.15, -0.1) is 0 Å². The minimum Gasteiger partial charge on any atom is -0.469 e. The van der Waals surface area contributed by atoms with Crippen molar-refractivity contribution in [1.82, 2.24) is 10.6 Å². The van der Waals surface area contributed by atoms with Crippen LogP contribution in [0, 0.1) is 5.92 Å². The van der Waals surface area contributed by atoms with Gasteiger partial charge in [-0.05, 0) is 31.7 Å². The lowest BCUT2D eigenvalue weighted by Crippen LogP contribution is -2.35. The third kappa shape index (κ3) is 2.58. The average molecular weight is 248 g/mol. The van der Waals surface area contributed by atoms with Gasteiger partial charge in [-0.25, -0.2) is 0 Å².